The number of benzene rings is 1. The molecule has 1 heterocycles. The van der Waals surface area contributed by atoms with Gasteiger partial charge in [0, 0.05) is 31.1 Å². The summed E-state index contributed by atoms with van der Waals surface area (Å²) in [6.07, 6.45) is -2.75. The molecule has 0 N–H and O–H groups in total. The van der Waals surface area contributed by atoms with E-state index in [9.17, 15) is 18.0 Å². The van der Waals surface area contributed by atoms with Gasteiger partial charge < -0.3 is 9.64 Å². The fourth-order valence-corrected chi connectivity index (χ4v) is 2.44. The second-order valence-electron chi connectivity index (χ2n) is 5.58. The molecule has 1 fully saturated rings. The average Bonchev–Trinajstić information content (AvgIpc) is 2.43. The summed E-state index contributed by atoms with van der Waals surface area (Å²) < 4.78 is 45.1. The highest BCUT2D eigenvalue weighted by Gasteiger charge is 2.62. The molecule has 0 radical (unpaired) electrons. The summed E-state index contributed by atoms with van der Waals surface area (Å²) in [6.45, 7) is 4.38. The maximum absolute atomic E-state index is 13.4. The minimum absolute atomic E-state index is 0.0258. The molecule has 23 heavy (non-hydrogen) atoms. The van der Waals surface area contributed by atoms with Gasteiger partial charge in [0.05, 0.1) is 18.6 Å². The number of aryl methyl sites for hydroxylation is 1. The molecular weight excluding hydrogens is 309 g/mol. The lowest BCUT2D eigenvalue weighted by Gasteiger charge is -2.44. The second kappa shape index (κ2) is 6.31. The molecule has 0 bridgehead atoms. The summed E-state index contributed by atoms with van der Waals surface area (Å²) in [5.41, 5.74) is -1.53. The summed E-state index contributed by atoms with van der Waals surface area (Å²) in [5, 5.41) is 0. The Morgan fingerprint density at radius 3 is 2.52 bits per heavy atom. The van der Waals surface area contributed by atoms with Crippen molar-refractivity contribution in [3.05, 3.63) is 28.8 Å². The van der Waals surface area contributed by atoms with E-state index >= 15 is 0 Å². The predicted octanol–water partition coefficient (Wildman–Crippen LogP) is 3.60. The molecule has 2 rings (SSSR count). The first-order chi connectivity index (χ1) is 10.7. The van der Waals surface area contributed by atoms with Crippen molar-refractivity contribution in [1.82, 2.24) is 4.90 Å². The Kier molecular flexibility index (Phi) is 4.79. The number of nitrogens with zero attached hydrogens (tertiary/aromatic N) is 2. The van der Waals surface area contributed by atoms with E-state index in [0.717, 1.165) is 6.54 Å². The van der Waals surface area contributed by atoms with Crippen LogP contribution in [0.5, 0.6) is 0 Å². The van der Waals surface area contributed by atoms with Crippen LogP contribution in [0, 0.1) is 6.92 Å². The fourth-order valence-electron chi connectivity index (χ4n) is 2.44. The van der Waals surface area contributed by atoms with Gasteiger partial charge in [-0.05, 0) is 31.5 Å². The fraction of sp³-hybridized carbons (Fsp3) is 0.500. The lowest BCUT2D eigenvalue weighted by molar-refractivity contribution is -0.333. The molecular formula is C16H19F3N2O2. The van der Waals surface area contributed by atoms with E-state index in [1.54, 1.807) is 13.3 Å². The van der Waals surface area contributed by atoms with Crippen molar-refractivity contribution in [2.24, 2.45) is 4.99 Å². The third-order valence-electron chi connectivity index (χ3n) is 4.08. The third-order valence-corrected chi connectivity index (χ3v) is 4.08. The SMILES string of the molecule is CCN(C)/C=N/c1cc(C=O)c(C2(C(F)(F)F)CCO2)cc1C. The second-order valence-corrected chi connectivity index (χ2v) is 5.58. The molecule has 0 aliphatic carbocycles. The average molecular weight is 328 g/mol. The van der Waals surface area contributed by atoms with E-state index in [1.165, 1.54) is 12.1 Å². The molecule has 7 heteroatoms. The maximum Gasteiger partial charge on any atom is 0.421 e. The number of carbonyl (C=O) groups excluding carboxylic acids is 1. The molecule has 1 saturated heterocycles. The van der Waals surface area contributed by atoms with Gasteiger partial charge in [-0.2, -0.15) is 13.2 Å². The molecule has 4 nitrogen and oxygen atoms in total. The molecule has 1 aromatic carbocycles. The number of ether oxygens (including phenoxy) is 1. The zero-order valence-electron chi connectivity index (χ0n) is 13.3. The molecule has 0 saturated carbocycles. The number of aldehydes is 1. The van der Waals surface area contributed by atoms with Crippen LogP contribution in [0.2, 0.25) is 0 Å². The van der Waals surface area contributed by atoms with Gasteiger partial charge in [0.25, 0.3) is 0 Å². The molecule has 0 amide bonds. The summed E-state index contributed by atoms with van der Waals surface area (Å²) in [7, 11) is 1.83. The number of hydrogen-bond donors (Lipinski definition) is 0. The summed E-state index contributed by atoms with van der Waals surface area (Å²) in [4.78, 5) is 17.4. The van der Waals surface area contributed by atoms with Crippen molar-refractivity contribution in [1.29, 1.82) is 0 Å². The number of hydrogen-bond acceptors (Lipinski definition) is 3. The van der Waals surface area contributed by atoms with Crippen LogP contribution in [-0.4, -0.2) is 43.9 Å². The van der Waals surface area contributed by atoms with E-state index in [2.05, 4.69) is 4.99 Å². The Labute approximate surface area is 133 Å². The van der Waals surface area contributed by atoms with Gasteiger partial charge in [-0.25, -0.2) is 4.99 Å². The van der Waals surface area contributed by atoms with Crippen LogP contribution in [0.3, 0.4) is 0 Å². The van der Waals surface area contributed by atoms with Gasteiger partial charge >= 0.3 is 6.18 Å². The normalized spacial score (nSPS) is 21.3. The van der Waals surface area contributed by atoms with E-state index < -0.39 is 11.8 Å². The molecule has 1 aliphatic rings. The van der Waals surface area contributed by atoms with Gasteiger partial charge in [0.1, 0.15) is 0 Å². The Bertz CT molecular complexity index is 622. The Morgan fingerprint density at radius 2 is 2.09 bits per heavy atom. The highest BCUT2D eigenvalue weighted by Crippen LogP contribution is 2.51. The molecule has 1 aliphatic heterocycles. The van der Waals surface area contributed by atoms with Crippen molar-refractivity contribution in [2.45, 2.75) is 32.0 Å². The standard InChI is InChI=1S/C16H19F3N2O2/c1-4-21(3)10-20-14-8-12(9-22)13(7-11(14)2)15(5-6-23-15)16(17,18)19/h7-10H,4-6H2,1-3H3/b20-10+. The highest BCUT2D eigenvalue weighted by molar-refractivity contribution is 5.81. The van der Waals surface area contributed by atoms with Crippen LogP contribution in [0.15, 0.2) is 17.1 Å². The first-order valence-corrected chi connectivity index (χ1v) is 7.30. The van der Waals surface area contributed by atoms with E-state index in [1.807, 2.05) is 18.9 Å². The molecule has 1 aromatic rings. The smallest absolute Gasteiger partial charge is 0.366 e. The van der Waals surface area contributed by atoms with Crippen molar-refractivity contribution < 1.29 is 22.7 Å². The first-order valence-electron chi connectivity index (χ1n) is 7.30. The summed E-state index contributed by atoms with van der Waals surface area (Å²) in [5.74, 6) is 0. The number of halogens is 3. The molecule has 126 valence electrons. The molecule has 1 atom stereocenters. The summed E-state index contributed by atoms with van der Waals surface area (Å²) in [6, 6.07) is 2.74. The topological polar surface area (TPSA) is 41.9 Å². The van der Waals surface area contributed by atoms with Gasteiger partial charge in [0.15, 0.2) is 11.9 Å². The maximum atomic E-state index is 13.4. The third kappa shape index (κ3) is 3.10. The van der Waals surface area contributed by atoms with Crippen LogP contribution in [0.1, 0.15) is 34.8 Å². The van der Waals surface area contributed by atoms with Gasteiger partial charge in [0.2, 0.25) is 0 Å². The monoisotopic (exact) mass is 328 g/mol. The largest absolute Gasteiger partial charge is 0.421 e. The first kappa shape index (κ1) is 17.5. The van der Waals surface area contributed by atoms with Crippen molar-refractivity contribution in [3.63, 3.8) is 0 Å². The van der Waals surface area contributed by atoms with E-state index in [4.69, 9.17) is 4.74 Å². The van der Waals surface area contributed by atoms with Crippen molar-refractivity contribution >= 4 is 18.3 Å². The van der Waals surface area contributed by atoms with Crippen molar-refractivity contribution in [3.8, 4) is 0 Å². The minimum atomic E-state index is -4.57. The van der Waals surface area contributed by atoms with E-state index in [-0.39, 0.29) is 24.2 Å². The van der Waals surface area contributed by atoms with Crippen LogP contribution < -0.4 is 0 Å². The van der Waals surface area contributed by atoms with Gasteiger partial charge in [-0.15, -0.1) is 0 Å². The summed E-state index contributed by atoms with van der Waals surface area (Å²) >= 11 is 0. The van der Waals surface area contributed by atoms with E-state index in [0.29, 0.717) is 17.5 Å². The lowest BCUT2D eigenvalue weighted by atomic mass is 9.82. The van der Waals surface area contributed by atoms with Crippen LogP contribution in [-0.2, 0) is 10.3 Å². The number of carbonyl (C=O) groups is 1. The van der Waals surface area contributed by atoms with Crippen LogP contribution in [0.4, 0.5) is 18.9 Å². The molecule has 1 unspecified atom stereocenters. The Hall–Kier alpha value is -1.89. The number of alkyl halides is 3. The van der Waals surface area contributed by atoms with Crippen molar-refractivity contribution in [2.75, 3.05) is 20.2 Å². The Balaban J connectivity index is 2.49. The quantitative estimate of drug-likeness (QED) is 0.471. The number of rotatable bonds is 5. The Morgan fingerprint density at radius 1 is 1.43 bits per heavy atom. The van der Waals surface area contributed by atoms with Crippen LogP contribution in [0.25, 0.3) is 0 Å². The molecule has 0 aromatic heterocycles. The van der Waals surface area contributed by atoms with Crippen LogP contribution >= 0.6 is 0 Å². The minimum Gasteiger partial charge on any atom is -0.366 e. The zero-order chi connectivity index (χ0) is 17.3. The van der Waals surface area contributed by atoms with Gasteiger partial charge in [-0.1, -0.05) is 0 Å². The highest BCUT2D eigenvalue weighted by atomic mass is 19.4. The zero-order valence-corrected chi connectivity index (χ0v) is 13.3. The number of aliphatic imine (C=N–C) groups is 1. The lowest BCUT2D eigenvalue weighted by Crippen LogP contribution is -2.53. The predicted molar refractivity (Wildman–Crippen MR) is 81.3 cm³/mol. The molecule has 0 spiro atoms. The van der Waals surface area contributed by atoms with Gasteiger partial charge in [-0.3, -0.25) is 4.79 Å².